The van der Waals surface area contributed by atoms with Crippen molar-refractivity contribution in [3.63, 3.8) is 0 Å². The lowest BCUT2D eigenvalue weighted by Crippen LogP contribution is -2.41. The molecule has 1 fully saturated rings. The molecule has 4 nitrogen and oxygen atoms in total. The van der Waals surface area contributed by atoms with Crippen molar-refractivity contribution in [2.24, 2.45) is 5.92 Å². The number of nitrogens with one attached hydrogen (secondary N) is 2. The molecule has 5 heteroatoms. The average Bonchev–Trinajstić information content (AvgIpc) is 3.19. The van der Waals surface area contributed by atoms with Gasteiger partial charge in [0.2, 0.25) is 5.91 Å². The Bertz CT molecular complexity index is 878. The van der Waals surface area contributed by atoms with Gasteiger partial charge in [-0.3, -0.25) is 4.79 Å². The molecule has 3 N–H and O–H groups in total. The van der Waals surface area contributed by atoms with Gasteiger partial charge in [0.15, 0.2) is 0 Å². The Morgan fingerprint density at radius 1 is 1.32 bits per heavy atom. The topological polar surface area (TPSA) is 65.1 Å². The summed E-state index contributed by atoms with van der Waals surface area (Å²) in [4.78, 5) is 17.3. The molecule has 0 unspecified atom stereocenters. The van der Waals surface area contributed by atoms with Crippen molar-refractivity contribution >= 4 is 28.1 Å². The maximum absolute atomic E-state index is 12.8. The number of carbonyl (C=O) groups is 1. The van der Waals surface area contributed by atoms with E-state index in [1.54, 1.807) is 11.3 Å². The van der Waals surface area contributed by atoms with Crippen molar-refractivity contribution in [1.82, 2.24) is 10.3 Å². The van der Waals surface area contributed by atoms with Crippen molar-refractivity contribution in [2.45, 2.75) is 38.3 Å². The van der Waals surface area contributed by atoms with Crippen molar-refractivity contribution in [2.75, 3.05) is 0 Å². The molecule has 0 bridgehead atoms. The quantitative estimate of drug-likeness (QED) is 0.654. The average molecular weight is 354 g/mol. The van der Waals surface area contributed by atoms with E-state index in [2.05, 4.69) is 22.4 Å². The Kier molecular flexibility index (Phi) is 4.36. The number of para-hydroxylation sites is 1. The number of aromatic nitrogens is 1. The van der Waals surface area contributed by atoms with E-state index in [4.69, 9.17) is 0 Å². The highest BCUT2D eigenvalue weighted by Gasteiger charge is 2.36. The summed E-state index contributed by atoms with van der Waals surface area (Å²) in [5, 5.41) is 16.0. The number of H-pyrrole nitrogens is 1. The number of amides is 1. The van der Waals surface area contributed by atoms with Gasteiger partial charge < -0.3 is 15.4 Å². The molecule has 1 atom stereocenters. The lowest BCUT2D eigenvalue weighted by atomic mass is 9.76. The van der Waals surface area contributed by atoms with Gasteiger partial charge in [-0.25, -0.2) is 0 Å². The number of rotatable bonds is 5. The number of aromatic amines is 1. The molecule has 2 heterocycles. The molecule has 130 valence electrons. The van der Waals surface area contributed by atoms with Crippen LogP contribution in [-0.2, 0) is 11.2 Å². The molecule has 1 aliphatic carbocycles. The first-order chi connectivity index (χ1) is 12.1. The molecule has 4 rings (SSSR count). The zero-order valence-electron chi connectivity index (χ0n) is 14.2. The fourth-order valence-electron chi connectivity index (χ4n) is 3.74. The third kappa shape index (κ3) is 3.22. The summed E-state index contributed by atoms with van der Waals surface area (Å²) in [5.74, 6) is 0.356. The predicted octanol–water partition coefficient (Wildman–Crippen LogP) is 3.71. The first-order valence-corrected chi connectivity index (χ1v) is 9.57. The summed E-state index contributed by atoms with van der Waals surface area (Å²) in [6.07, 6.45) is 1.66. The van der Waals surface area contributed by atoms with E-state index < -0.39 is 0 Å². The molecular weight excluding hydrogens is 332 g/mol. The Hall–Kier alpha value is -2.11. The number of hydrogen-bond donors (Lipinski definition) is 3. The van der Waals surface area contributed by atoms with Crippen LogP contribution in [0.1, 0.15) is 35.0 Å². The first-order valence-electron chi connectivity index (χ1n) is 8.69. The van der Waals surface area contributed by atoms with Gasteiger partial charge in [0.25, 0.3) is 0 Å². The molecule has 0 radical (unpaired) electrons. The molecule has 0 aliphatic heterocycles. The number of thiophene rings is 1. The highest BCUT2D eigenvalue weighted by Crippen LogP contribution is 2.39. The largest absolute Gasteiger partial charge is 0.393 e. The number of benzene rings is 1. The van der Waals surface area contributed by atoms with Crippen LogP contribution >= 0.6 is 11.3 Å². The van der Waals surface area contributed by atoms with Crippen molar-refractivity contribution < 1.29 is 9.90 Å². The molecular formula is C20H22N2O2S. The third-order valence-electron chi connectivity index (χ3n) is 5.15. The van der Waals surface area contributed by atoms with Crippen LogP contribution in [0.4, 0.5) is 0 Å². The smallest absolute Gasteiger partial charge is 0.225 e. The van der Waals surface area contributed by atoms with Crippen molar-refractivity contribution in [3.05, 3.63) is 57.9 Å². The fraction of sp³-hybridized carbons (Fsp3) is 0.350. The monoisotopic (exact) mass is 354 g/mol. The molecule has 0 saturated heterocycles. The lowest BCUT2D eigenvalue weighted by molar-refractivity contribution is -0.122. The second kappa shape index (κ2) is 6.65. The van der Waals surface area contributed by atoms with Crippen LogP contribution in [0.25, 0.3) is 10.9 Å². The molecule has 1 saturated carbocycles. The molecule has 0 spiro atoms. The summed E-state index contributed by atoms with van der Waals surface area (Å²) >= 11 is 1.66. The van der Waals surface area contributed by atoms with Gasteiger partial charge in [-0.2, -0.15) is 0 Å². The maximum atomic E-state index is 12.8. The minimum atomic E-state index is -0.222. The van der Waals surface area contributed by atoms with Crippen LogP contribution in [0.5, 0.6) is 0 Å². The molecule has 1 aromatic carbocycles. The maximum Gasteiger partial charge on any atom is 0.225 e. The molecule has 1 amide bonds. The van der Waals surface area contributed by atoms with Crippen molar-refractivity contribution in [1.29, 1.82) is 0 Å². The summed E-state index contributed by atoms with van der Waals surface area (Å²) in [7, 11) is 0. The van der Waals surface area contributed by atoms with Gasteiger partial charge in [0.05, 0.1) is 18.6 Å². The Morgan fingerprint density at radius 2 is 2.12 bits per heavy atom. The summed E-state index contributed by atoms with van der Waals surface area (Å²) in [5.41, 5.74) is 3.18. The SMILES string of the molecule is Cc1[nH]c2ccccc2c1CC(=O)N[C@@H](c1cccs1)C1CC(O)C1. The molecule has 3 aromatic rings. The van der Waals surface area contributed by atoms with Crippen LogP contribution in [-0.4, -0.2) is 22.1 Å². The van der Waals surface area contributed by atoms with Crippen LogP contribution in [0.15, 0.2) is 41.8 Å². The van der Waals surface area contributed by atoms with Gasteiger partial charge in [0, 0.05) is 21.5 Å². The second-order valence-electron chi connectivity index (χ2n) is 6.90. The zero-order valence-corrected chi connectivity index (χ0v) is 15.0. The number of hydrogen-bond acceptors (Lipinski definition) is 3. The summed E-state index contributed by atoms with van der Waals surface area (Å²) in [6, 6.07) is 12.2. The van der Waals surface area contributed by atoms with Gasteiger partial charge in [0.1, 0.15) is 0 Å². The van der Waals surface area contributed by atoms with E-state index in [9.17, 15) is 9.90 Å². The summed E-state index contributed by atoms with van der Waals surface area (Å²) in [6.45, 7) is 2.02. The Morgan fingerprint density at radius 3 is 2.84 bits per heavy atom. The van der Waals surface area contributed by atoms with Crippen LogP contribution < -0.4 is 5.32 Å². The fourth-order valence-corrected chi connectivity index (χ4v) is 4.61. The van der Waals surface area contributed by atoms with Crippen molar-refractivity contribution in [3.8, 4) is 0 Å². The normalized spacial score (nSPS) is 21.0. The zero-order chi connectivity index (χ0) is 17.4. The number of fused-ring (bicyclic) bond motifs is 1. The Balaban J connectivity index is 1.52. The van der Waals surface area contributed by atoms with E-state index in [1.807, 2.05) is 36.6 Å². The van der Waals surface area contributed by atoms with E-state index in [0.29, 0.717) is 12.3 Å². The number of aryl methyl sites for hydroxylation is 1. The highest BCUT2D eigenvalue weighted by atomic mass is 32.1. The summed E-state index contributed by atoms with van der Waals surface area (Å²) < 4.78 is 0. The first kappa shape index (κ1) is 16.4. The van der Waals surface area contributed by atoms with Gasteiger partial charge in [-0.15, -0.1) is 11.3 Å². The second-order valence-corrected chi connectivity index (χ2v) is 7.88. The number of carbonyl (C=O) groups excluding carboxylic acids is 1. The van der Waals surface area contributed by atoms with Crippen LogP contribution in [0.2, 0.25) is 0 Å². The highest BCUT2D eigenvalue weighted by molar-refractivity contribution is 7.10. The van der Waals surface area contributed by atoms with E-state index in [0.717, 1.165) is 35.0 Å². The number of aliphatic hydroxyl groups is 1. The molecule has 2 aromatic heterocycles. The van der Waals surface area contributed by atoms with E-state index >= 15 is 0 Å². The lowest BCUT2D eigenvalue weighted by Gasteiger charge is -2.37. The van der Waals surface area contributed by atoms with Gasteiger partial charge in [-0.1, -0.05) is 24.3 Å². The Labute approximate surface area is 150 Å². The predicted molar refractivity (Wildman–Crippen MR) is 101 cm³/mol. The van der Waals surface area contributed by atoms with E-state index in [-0.39, 0.29) is 18.1 Å². The minimum absolute atomic E-state index is 0.00131. The molecule has 1 aliphatic rings. The van der Waals surface area contributed by atoms with E-state index in [1.165, 1.54) is 4.88 Å². The minimum Gasteiger partial charge on any atom is -0.393 e. The third-order valence-corrected chi connectivity index (χ3v) is 6.11. The van der Waals surface area contributed by atoms with Crippen LogP contribution in [0, 0.1) is 12.8 Å². The van der Waals surface area contributed by atoms with Crippen LogP contribution in [0.3, 0.4) is 0 Å². The standard InChI is InChI=1S/C20H22N2O2S/c1-12-16(15-5-2-3-6-17(15)21-12)11-19(24)22-20(13-9-14(23)10-13)18-7-4-8-25-18/h2-8,13-14,20-21,23H,9-11H2,1H3,(H,22,24)/t13?,14?,20-/m1/s1. The number of aliphatic hydroxyl groups excluding tert-OH is 1. The van der Waals surface area contributed by atoms with Gasteiger partial charge >= 0.3 is 0 Å². The van der Waals surface area contributed by atoms with Gasteiger partial charge in [-0.05, 0) is 48.8 Å². The molecule has 25 heavy (non-hydrogen) atoms.